The van der Waals surface area contributed by atoms with E-state index < -0.39 is 36.4 Å². The van der Waals surface area contributed by atoms with Crippen LogP contribution in [-0.4, -0.2) is 41.9 Å². The molecular formula is C11H19F3N2O2. The molecule has 0 saturated carbocycles. The summed E-state index contributed by atoms with van der Waals surface area (Å²) in [4.78, 5) is 12.8. The first-order chi connectivity index (χ1) is 8.00. The maximum absolute atomic E-state index is 12.7. The quantitative estimate of drug-likeness (QED) is 0.732. The number of hydrogen-bond donors (Lipinski definition) is 1. The van der Waals surface area contributed by atoms with Gasteiger partial charge in [-0.1, -0.05) is 0 Å². The Morgan fingerprint density at radius 1 is 1.33 bits per heavy atom. The molecule has 106 valence electrons. The molecule has 1 aliphatic rings. The van der Waals surface area contributed by atoms with E-state index in [4.69, 9.17) is 10.5 Å². The first kappa shape index (κ1) is 15.1. The molecule has 1 fully saturated rings. The Morgan fingerprint density at radius 2 is 1.89 bits per heavy atom. The topological polar surface area (TPSA) is 55.6 Å². The third-order valence-electron chi connectivity index (χ3n) is 2.74. The lowest BCUT2D eigenvalue weighted by atomic mass is 9.92. The fourth-order valence-electron chi connectivity index (χ4n) is 1.81. The molecule has 1 amide bonds. The van der Waals surface area contributed by atoms with Crippen LogP contribution in [0.25, 0.3) is 0 Å². The number of ether oxygens (including phenoxy) is 1. The largest absolute Gasteiger partial charge is 0.444 e. The molecule has 2 N–H and O–H groups in total. The van der Waals surface area contributed by atoms with Gasteiger partial charge in [-0.25, -0.2) is 4.79 Å². The van der Waals surface area contributed by atoms with Crippen LogP contribution in [0.1, 0.15) is 27.2 Å². The maximum Gasteiger partial charge on any atom is 0.410 e. The van der Waals surface area contributed by atoms with Gasteiger partial charge < -0.3 is 15.4 Å². The normalized spacial score (nSPS) is 26.1. The predicted octanol–water partition coefficient (Wildman–Crippen LogP) is 2.13. The summed E-state index contributed by atoms with van der Waals surface area (Å²) in [6, 6.07) is -0.955. The highest BCUT2D eigenvalue weighted by Gasteiger charge is 2.47. The Hall–Kier alpha value is -0.980. The van der Waals surface area contributed by atoms with Gasteiger partial charge in [0, 0.05) is 19.1 Å². The number of hydrogen-bond acceptors (Lipinski definition) is 3. The van der Waals surface area contributed by atoms with Gasteiger partial charge in [-0.2, -0.15) is 13.2 Å². The molecule has 0 aliphatic carbocycles. The molecule has 4 nitrogen and oxygen atoms in total. The van der Waals surface area contributed by atoms with E-state index >= 15 is 0 Å². The zero-order chi connectivity index (χ0) is 14.1. The zero-order valence-corrected chi connectivity index (χ0v) is 10.8. The first-order valence-corrected chi connectivity index (χ1v) is 5.81. The van der Waals surface area contributed by atoms with Crippen molar-refractivity contribution in [2.75, 3.05) is 13.1 Å². The average Bonchev–Trinajstić information content (AvgIpc) is 2.13. The second-order valence-corrected chi connectivity index (χ2v) is 5.53. The second kappa shape index (κ2) is 4.95. The van der Waals surface area contributed by atoms with E-state index in [0.29, 0.717) is 0 Å². The monoisotopic (exact) mass is 268 g/mol. The van der Waals surface area contributed by atoms with Crippen LogP contribution in [0.2, 0.25) is 0 Å². The lowest BCUT2D eigenvalue weighted by Crippen LogP contribution is -2.54. The maximum atomic E-state index is 12.7. The van der Waals surface area contributed by atoms with E-state index in [2.05, 4.69) is 0 Å². The fraction of sp³-hybridized carbons (Fsp3) is 0.909. The number of piperidine rings is 1. The smallest absolute Gasteiger partial charge is 0.410 e. The molecule has 0 aromatic rings. The molecule has 0 spiro atoms. The Morgan fingerprint density at radius 3 is 2.33 bits per heavy atom. The molecule has 0 radical (unpaired) electrons. The van der Waals surface area contributed by atoms with Crippen molar-refractivity contribution in [3.63, 3.8) is 0 Å². The summed E-state index contributed by atoms with van der Waals surface area (Å²) in [7, 11) is 0. The second-order valence-electron chi connectivity index (χ2n) is 5.53. The molecule has 0 aromatic heterocycles. The first-order valence-electron chi connectivity index (χ1n) is 5.81. The van der Waals surface area contributed by atoms with Crippen LogP contribution in [0.5, 0.6) is 0 Å². The van der Waals surface area contributed by atoms with Gasteiger partial charge in [0.1, 0.15) is 5.60 Å². The van der Waals surface area contributed by atoms with Crippen molar-refractivity contribution in [3.8, 4) is 0 Å². The number of halogens is 3. The molecule has 1 aliphatic heterocycles. The van der Waals surface area contributed by atoms with Gasteiger partial charge in [-0.05, 0) is 27.2 Å². The van der Waals surface area contributed by atoms with E-state index in [1.165, 1.54) is 0 Å². The highest BCUT2D eigenvalue weighted by atomic mass is 19.4. The number of likely N-dealkylation sites (tertiary alicyclic amines) is 1. The van der Waals surface area contributed by atoms with Crippen molar-refractivity contribution in [1.82, 2.24) is 4.90 Å². The van der Waals surface area contributed by atoms with Crippen LogP contribution >= 0.6 is 0 Å². The van der Waals surface area contributed by atoms with Crippen molar-refractivity contribution >= 4 is 6.09 Å². The van der Waals surface area contributed by atoms with Crippen molar-refractivity contribution < 1.29 is 22.7 Å². The van der Waals surface area contributed by atoms with E-state index in [1.807, 2.05) is 0 Å². The minimum atomic E-state index is -4.39. The van der Waals surface area contributed by atoms with E-state index in [-0.39, 0.29) is 13.0 Å². The molecule has 1 saturated heterocycles. The third kappa shape index (κ3) is 4.04. The summed E-state index contributed by atoms with van der Waals surface area (Å²) in [6.45, 7) is 4.77. The number of amides is 1. The lowest BCUT2D eigenvalue weighted by Gasteiger charge is -2.38. The minimum Gasteiger partial charge on any atom is -0.444 e. The van der Waals surface area contributed by atoms with Crippen molar-refractivity contribution in [1.29, 1.82) is 0 Å². The number of nitrogens with two attached hydrogens (primary N) is 1. The molecule has 18 heavy (non-hydrogen) atoms. The number of nitrogens with zero attached hydrogens (tertiary/aromatic N) is 1. The summed E-state index contributed by atoms with van der Waals surface area (Å²) in [6.07, 6.45) is -4.98. The number of carbonyl (C=O) groups is 1. The van der Waals surface area contributed by atoms with Gasteiger partial charge in [0.05, 0.1) is 5.92 Å². The zero-order valence-electron chi connectivity index (χ0n) is 10.8. The Bertz CT molecular complexity index is 312. The Kier molecular flexibility index (Phi) is 4.15. The minimum absolute atomic E-state index is 0.128. The van der Waals surface area contributed by atoms with E-state index in [0.717, 1.165) is 4.90 Å². The Balaban J connectivity index is 2.68. The predicted molar refractivity (Wildman–Crippen MR) is 59.9 cm³/mol. The Labute approximate surface area is 104 Å². The van der Waals surface area contributed by atoms with Crippen LogP contribution in [-0.2, 0) is 4.74 Å². The van der Waals surface area contributed by atoms with Crippen molar-refractivity contribution in [3.05, 3.63) is 0 Å². The summed E-state index contributed by atoms with van der Waals surface area (Å²) in [5.74, 6) is -1.68. The van der Waals surface area contributed by atoms with Crippen LogP contribution in [0.15, 0.2) is 0 Å². The van der Waals surface area contributed by atoms with Crippen LogP contribution in [0, 0.1) is 5.92 Å². The van der Waals surface area contributed by atoms with E-state index in [1.54, 1.807) is 20.8 Å². The fourth-order valence-corrected chi connectivity index (χ4v) is 1.81. The molecule has 7 heteroatoms. The number of rotatable bonds is 0. The average molecular weight is 268 g/mol. The van der Waals surface area contributed by atoms with Gasteiger partial charge in [0.2, 0.25) is 0 Å². The number of carbonyl (C=O) groups excluding carboxylic acids is 1. The highest BCUT2D eigenvalue weighted by molar-refractivity contribution is 5.68. The molecule has 1 rings (SSSR count). The van der Waals surface area contributed by atoms with Gasteiger partial charge in [-0.15, -0.1) is 0 Å². The third-order valence-corrected chi connectivity index (χ3v) is 2.74. The van der Waals surface area contributed by atoms with E-state index in [9.17, 15) is 18.0 Å². The van der Waals surface area contributed by atoms with Gasteiger partial charge in [0.15, 0.2) is 0 Å². The van der Waals surface area contributed by atoms with Crippen molar-refractivity contribution in [2.45, 2.75) is 45.0 Å². The summed E-state index contributed by atoms with van der Waals surface area (Å²) < 4.78 is 43.2. The lowest BCUT2D eigenvalue weighted by molar-refractivity contribution is -0.189. The summed E-state index contributed by atoms with van der Waals surface area (Å²) in [5, 5.41) is 0. The molecule has 2 atom stereocenters. The summed E-state index contributed by atoms with van der Waals surface area (Å²) >= 11 is 0. The van der Waals surface area contributed by atoms with Crippen LogP contribution < -0.4 is 5.73 Å². The molecule has 0 unspecified atom stereocenters. The molecule has 0 aromatic carbocycles. The SMILES string of the molecule is CC(C)(C)OC(=O)N1CC[C@@H](N)[C@H](C(F)(F)F)C1. The van der Waals surface area contributed by atoms with Crippen LogP contribution in [0.3, 0.4) is 0 Å². The van der Waals surface area contributed by atoms with Crippen LogP contribution in [0.4, 0.5) is 18.0 Å². The van der Waals surface area contributed by atoms with Gasteiger partial charge in [-0.3, -0.25) is 0 Å². The van der Waals surface area contributed by atoms with Gasteiger partial charge >= 0.3 is 12.3 Å². The summed E-state index contributed by atoms with van der Waals surface area (Å²) in [5.41, 5.74) is 4.74. The highest BCUT2D eigenvalue weighted by Crippen LogP contribution is 2.33. The molecule has 1 heterocycles. The molecular weight excluding hydrogens is 249 g/mol. The van der Waals surface area contributed by atoms with Gasteiger partial charge in [0.25, 0.3) is 0 Å². The standard InChI is InChI=1S/C11H19F3N2O2/c1-10(2,3)18-9(17)16-5-4-8(15)7(6-16)11(12,13)14/h7-8H,4-6,15H2,1-3H3/t7-,8-/m1/s1. The van der Waals surface area contributed by atoms with Crippen molar-refractivity contribution in [2.24, 2.45) is 11.7 Å². The number of alkyl halides is 3. The molecule has 0 bridgehead atoms.